The van der Waals surface area contributed by atoms with Gasteiger partial charge >= 0.3 is 0 Å². The highest BCUT2D eigenvalue weighted by molar-refractivity contribution is 9.10. The number of halogens is 1. The molecule has 0 bridgehead atoms. The smallest absolute Gasteiger partial charge is 0.0900 e. The Kier molecular flexibility index (Phi) is 4.70. The summed E-state index contributed by atoms with van der Waals surface area (Å²) in [7, 11) is 4.11. The number of nitrogens with zero attached hydrogens (tertiary/aromatic N) is 2. The zero-order chi connectivity index (χ0) is 14.9. The molecule has 0 aliphatic carbocycles. The van der Waals surface area contributed by atoms with Crippen LogP contribution in [-0.2, 0) is 0 Å². The minimum atomic E-state index is 0.245. The SMILES string of the molecule is Cc1nc(C)c(C(C)Nc2cc(Br)ccc2N(C)C)s1. The van der Waals surface area contributed by atoms with Crippen molar-refractivity contribution >= 4 is 38.6 Å². The number of aryl methyl sites for hydroxylation is 2. The monoisotopic (exact) mass is 353 g/mol. The predicted molar refractivity (Wildman–Crippen MR) is 92.1 cm³/mol. The van der Waals surface area contributed by atoms with Crippen LogP contribution in [0.2, 0.25) is 0 Å². The van der Waals surface area contributed by atoms with Gasteiger partial charge in [-0.05, 0) is 39.0 Å². The summed E-state index contributed by atoms with van der Waals surface area (Å²) in [6.07, 6.45) is 0. The fraction of sp³-hybridized carbons (Fsp3) is 0.400. The second-order valence-corrected chi connectivity index (χ2v) is 7.25. The molecule has 0 saturated heterocycles. The first-order valence-electron chi connectivity index (χ1n) is 6.56. The second-order valence-electron chi connectivity index (χ2n) is 5.10. The average molecular weight is 354 g/mol. The van der Waals surface area contributed by atoms with Gasteiger partial charge in [-0.2, -0.15) is 0 Å². The molecule has 0 amide bonds. The van der Waals surface area contributed by atoms with Crippen molar-refractivity contribution in [3.8, 4) is 0 Å². The van der Waals surface area contributed by atoms with Gasteiger partial charge in [-0.3, -0.25) is 0 Å². The van der Waals surface area contributed by atoms with Crippen LogP contribution in [-0.4, -0.2) is 19.1 Å². The molecular formula is C15H20BrN3S. The van der Waals surface area contributed by atoms with Crippen molar-refractivity contribution in [3.63, 3.8) is 0 Å². The molecular weight excluding hydrogens is 334 g/mol. The number of rotatable bonds is 4. The van der Waals surface area contributed by atoms with E-state index in [2.05, 4.69) is 84.2 Å². The van der Waals surface area contributed by atoms with E-state index in [1.54, 1.807) is 11.3 Å². The molecule has 1 aromatic carbocycles. The van der Waals surface area contributed by atoms with E-state index in [9.17, 15) is 0 Å². The number of benzene rings is 1. The first-order valence-corrected chi connectivity index (χ1v) is 8.16. The molecule has 1 aromatic heterocycles. The van der Waals surface area contributed by atoms with Crippen molar-refractivity contribution in [2.45, 2.75) is 26.8 Å². The highest BCUT2D eigenvalue weighted by atomic mass is 79.9. The van der Waals surface area contributed by atoms with Gasteiger partial charge in [0.15, 0.2) is 0 Å². The van der Waals surface area contributed by atoms with Gasteiger partial charge in [0.25, 0.3) is 0 Å². The highest BCUT2D eigenvalue weighted by Gasteiger charge is 2.15. The van der Waals surface area contributed by atoms with Crippen molar-refractivity contribution in [1.82, 2.24) is 4.98 Å². The third-order valence-electron chi connectivity index (χ3n) is 3.15. The zero-order valence-electron chi connectivity index (χ0n) is 12.5. The van der Waals surface area contributed by atoms with Crippen molar-refractivity contribution in [1.29, 1.82) is 0 Å². The van der Waals surface area contributed by atoms with Crippen molar-refractivity contribution in [2.75, 3.05) is 24.3 Å². The Labute approximate surface area is 133 Å². The molecule has 2 rings (SSSR count). The van der Waals surface area contributed by atoms with Crippen LogP contribution in [0.25, 0.3) is 0 Å². The number of anilines is 2. The van der Waals surface area contributed by atoms with E-state index >= 15 is 0 Å². The van der Waals surface area contributed by atoms with Crippen LogP contribution in [0, 0.1) is 13.8 Å². The normalized spacial score (nSPS) is 12.3. The van der Waals surface area contributed by atoms with Crippen LogP contribution in [0.5, 0.6) is 0 Å². The van der Waals surface area contributed by atoms with E-state index in [0.717, 1.165) is 20.9 Å². The molecule has 0 aliphatic heterocycles. The molecule has 0 aliphatic rings. The van der Waals surface area contributed by atoms with Gasteiger partial charge in [0.1, 0.15) is 0 Å². The van der Waals surface area contributed by atoms with Crippen LogP contribution >= 0.6 is 27.3 Å². The Bertz CT molecular complexity index is 607. The average Bonchev–Trinajstić information content (AvgIpc) is 2.68. The van der Waals surface area contributed by atoms with Gasteiger partial charge in [-0.1, -0.05) is 15.9 Å². The van der Waals surface area contributed by atoms with E-state index in [1.165, 1.54) is 10.6 Å². The van der Waals surface area contributed by atoms with Gasteiger partial charge in [-0.25, -0.2) is 4.98 Å². The lowest BCUT2D eigenvalue weighted by Crippen LogP contribution is -2.14. The van der Waals surface area contributed by atoms with Crippen LogP contribution < -0.4 is 10.2 Å². The third kappa shape index (κ3) is 3.33. The van der Waals surface area contributed by atoms with Crippen molar-refractivity contribution in [2.24, 2.45) is 0 Å². The van der Waals surface area contributed by atoms with Crippen LogP contribution in [0.1, 0.15) is 28.5 Å². The number of aromatic nitrogens is 1. The lowest BCUT2D eigenvalue weighted by atomic mass is 10.2. The van der Waals surface area contributed by atoms with Crippen LogP contribution in [0.3, 0.4) is 0 Å². The second kappa shape index (κ2) is 6.14. The molecule has 0 radical (unpaired) electrons. The maximum absolute atomic E-state index is 4.51. The van der Waals surface area contributed by atoms with E-state index in [0.29, 0.717) is 0 Å². The summed E-state index contributed by atoms with van der Waals surface area (Å²) in [6.45, 7) is 6.31. The van der Waals surface area contributed by atoms with E-state index < -0.39 is 0 Å². The van der Waals surface area contributed by atoms with Crippen LogP contribution in [0.4, 0.5) is 11.4 Å². The summed E-state index contributed by atoms with van der Waals surface area (Å²) in [4.78, 5) is 7.92. The largest absolute Gasteiger partial charge is 0.376 e. The first kappa shape index (κ1) is 15.3. The molecule has 108 valence electrons. The van der Waals surface area contributed by atoms with Gasteiger partial charge in [0.05, 0.1) is 28.1 Å². The summed E-state index contributed by atoms with van der Waals surface area (Å²) >= 11 is 5.30. The number of hydrogen-bond donors (Lipinski definition) is 1. The molecule has 0 spiro atoms. The van der Waals surface area contributed by atoms with Gasteiger partial charge in [0, 0.05) is 23.4 Å². The third-order valence-corrected chi connectivity index (χ3v) is 4.89. The molecule has 1 atom stereocenters. The molecule has 1 heterocycles. The molecule has 5 heteroatoms. The fourth-order valence-corrected chi connectivity index (χ4v) is 3.55. The Morgan fingerprint density at radius 2 is 2.00 bits per heavy atom. The molecule has 2 aromatic rings. The molecule has 1 unspecified atom stereocenters. The fourth-order valence-electron chi connectivity index (χ4n) is 2.26. The van der Waals surface area contributed by atoms with Crippen LogP contribution in [0.15, 0.2) is 22.7 Å². The summed E-state index contributed by atoms with van der Waals surface area (Å²) in [5, 5.41) is 4.72. The highest BCUT2D eigenvalue weighted by Crippen LogP contribution is 2.33. The van der Waals surface area contributed by atoms with Gasteiger partial charge in [0.2, 0.25) is 0 Å². The Hall–Kier alpha value is -1.07. The molecule has 3 nitrogen and oxygen atoms in total. The summed E-state index contributed by atoms with van der Waals surface area (Å²) in [5.74, 6) is 0. The Morgan fingerprint density at radius 3 is 2.55 bits per heavy atom. The maximum atomic E-state index is 4.51. The molecule has 20 heavy (non-hydrogen) atoms. The maximum Gasteiger partial charge on any atom is 0.0900 e. The summed E-state index contributed by atoms with van der Waals surface area (Å²) in [5.41, 5.74) is 3.43. The van der Waals surface area contributed by atoms with E-state index in [1.807, 2.05) is 0 Å². The van der Waals surface area contributed by atoms with E-state index in [4.69, 9.17) is 0 Å². The number of nitrogens with one attached hydrogen (secondary N) is 1. The standard InChI is InChI=1S/C15H20BrN3S/c1-9-15(20-11(3)17-9)10(2)18-13-8-12(16)6-7-14(13)19(4)5/h6-8,10,18H,1-5H3. The quantitative estimate of drug-likeness (QED) is 0.858. The summed E-state index contributed by atoms with van der Waals surface area (Å²) < 4.78 is 1.08. The van der Waals surface area contributed by atoms with Gasteiger partial charge in [-0.15, -0.1) is 11.3 Å². The lowest BCUT2D eigenvalue weighted by molar-refractivity contribution is 0.887. The molecule has 1 N–H and O–H groups in total. The van der Waals surface area contributed by atoms with Crippen molar-refractivity contribution < 1.29 is 0 Å². The number of thiazole rings is 1. The van der Waals surface area contributed by atoms with E-state index in [-0.39, 0.29) is 6.04 Å². The topological polar surface area (TPSA) is 28.2 Å². The Balaban J connectivity index is 2.29. The first-order chi connectivity index (χ1) is 9.38. The zero-order valence-corrected chi connectivity index (χ0v) is 14.9. The molecule has 0 fully saturated rings. The number of hydrogen-bond acceptors (Lipinski definition) is 4. The predicted octanol–water partition coefficient (Wildman–Crippen LogP) is 4.76. The summed E-state index contributed by atoms with van der Waals surface area (Å²) in [6, 6.07) is 6.54. The molecule has 0 saturated carbocycles. The van der Waals surface area contributed by atoms with Gasteiger partial charge < -0.3 is 10.2 Å². The minimum absolute atomic E-state index is 0.245. The lowest BCUT2D eigenvalue weighted by Gasteiger charge is -2.22. The minimum Gasteiger partial charge on any atom is -0.376 e. The Morgan fingerprint density at radius 1 is 1.30 bits per heavy atom. The van der Waals surface area contributed by atoms with Crippen molar-refractivity contribution in [3.05, 3.63) is 38.3 Å².